The van der Waals surface area contributed by atoms with Crippen LogP contribution < -0.4 is 5.32 Å². The van der Waals surface area contributed by atoms with Crippen molar-refractivity contribution in [2.24, 2.45) is 9.98 Å². The van der Waals surface area contributed by atoms with Crippen molar-refractivity contribution in [3.63, 3.8) is 0 Å². The van der Waals surface area contributed by atoms with E-state index in [0.717, 1.165) is 24.3 Å². The van der Waals surface area contributed by atoms with E-state index in [2.05, 4.69) is 22.2 Å². The molecule has 8 bridgehead atoms. The van der Waals surface area contributed by atoms with E-state index in [1.165, 1.54) is 6.08 Å². The van der Waals surface area contributed by atoms with Crippen LogP contribution in [0.4, 0.5) is 0 Å². The Balaban J connectivity index is 1.69. The van der Waals surface area contributed by atoms with Crippen molar-refractivity contribution in [1.82, 2.24) is 9.88 Å². The maximum absolute atomic E-state index is 10.9. The van der Waals surface area contributed by atoms with E-state index in [-0.39, 0.29) is 5.64 Å². The number of aliphatic imine (C=N–C) groups is 2. The number of allylic oxidation sites excluding steroid dienone is 5. The van der Waals surface area contributed by atoms with Gasteiger partial charge < -0.3 is 0 Å². The Bertz CT molecular complexity index is 1180. The molecule has 30 heavy (non-hydrogen) atoms. The van der Waals surface area contributed by atoms with Crippen molar-refractivity contribution in [2.75, 3.05) is 0 Å². The summed E-state index contributed by atoms with van der Waals surface area (Å²) in [5, 5.41) is 35.2. The third kappa shape index (κ3) is 3.14. The van der Waals surface area contributed by atoms with Gasteiger partial charge in [-0.05, 0) is 0 Å². The SMILES string of the molecule is CCCn1c2bc(O)c1C=C1C=CC(=N1)C=C1C=CC(O)(N1)C(O)C1=NC(=C2)C=C1. The molecule has 5 rings (SSSR count). The van der Waals surface area contributed by atoms with Crippen molar-refractivity contribution in [3.05, 3.63) is 70.9 Å². The molecule has 0 aromatic carbocycles. The molecule has 7 nitrogen and oxygen atoms in total. The Hall–Kier alpha value is -3.23. The molecule has 0 amide bonds. The zero-order chi connectivity index (χ0) is 20.9. The van der Waals surface area contributed by atoms with Crippen LogP contribution in [0.15, 0.2) is 69.6 Å². The van der Waals surface area contributed by atoms with Crippen LogP contribution in [-0.4, -0.2) is 50.0 Å². The van der Waals surface area contributed by atoms with Crippen LogP contribution in [0.1, 0.15) is 24.6 Å². The van der Waals surface area contributed by atoms with Gasteiger partial charge in [-0.15, -0.1) is 0 Å². The molecular formula is C22H21BN4O3. The summed E-state index contributed by atoms with van der Waals surface area (Å²) in [5.74, 6) is 0. The molecule has 0 saturated carbocycles. The van der Waals surface area contributed by atoms with Crippen molar-refractivity contribution >= 4 is 30.5 Å². The first-order valence-corrected chi connectivity index (χ1v) is 9.94. The van der Waals surface area contributed by atoms with Crippen LogP contribution in [0.5, 0.6) is 5.64 Å². The third-order valence-corrected chi connectivity index (χ3v) is 5.41. The van der Waals surface area contributed by atoms with E-state index in [1.807, 2.05) is 28.9 Å². The molecule has 4 aliphatic heterocycles. The van der Waals surface area contributed by atoms with E-state index in [4.69, 9.17) is 0 Å². The van der Waals surface area contributed by atoms with Crippen LogP contribution in [0, 0.1) is 0 Å². The molecule has 150 valence electrons. The van der Waals surface area contributed by atoms with Crippen LogP contribution >= 0.6 is 0 Å². The van der Waals surface area contributed by atoms with Gasteiger partial charge in [-0.3, -0.25) is 0 Å². The number of hydrogen-bond donors (Lipinski definition) is 4. The Kier molecular flexibility index (Phi) is 4.34. The summed E-state index contributed by atoms with van der Waals surface area (Å²) in [5.41, 5.74) is 3.05. The first-order valence-electron chi connectivity index (χ1n) is 9.94. The summed E-state index contributed by atoms with van der Waals surface area (Å²) < 4.78 is 2.03. The molecule has 4 aliphatic rings. The number of rotatable bonds is 2. The zero-order valence-corrected chi connectivity index (χ0v) is 16.4. The predicted molar refractivity (Wildman–Crippen MR) is 118 cm³/mol. The zero-order valence-electron chi connectivity index (χ0n) is 16.4. The fraction of sp³-hybridized carbons (Fsp3) is 0.227. The molecule has 8 heteroatoms. The molecule has 0 aliphatic carbocycles. The molecule has 4 N–H and O–H groups in total. The minimum absolute atomic E-state index is 0.173. The van der Waals surface area contributed by atoms with Crippen molar-refractivity contribution in [2.45, 2.75) is 31.7 Å². The molecule has 0 fully saturated rings. The molecule has 2 atom stereocenters. The van der Waals surface area contributed by atoms with Gasteiger partial charge in [0, 0.05) is 0 Å². The van der Waals surface area contributed by atoms with E-state index in [1.54, 1.807) is 31.2 Å². The number of aromatic hydroxyl groups is 1. The summed E-state index contributed by atoms with van der Waals surface area (Å²) in [6.45, 7) is 4.50. The average molecular weight is 400 g/mol. The molecular weight excluding hydrogens is 379 g/mol. The van der Waals surface area contributed by atoms with Crippen molar-refractivity contribution in [1.29, 1.82) is 0 Å². The number of nitrogens with zero attached hydrogens (tertiary/aromatic N) is 3. The van der Waals surface area contributed by atoms with E-state index < -0.39 is 11.8 Å². The Morgan fingerprint density at radius 2 is 1.90 bits per heavy atom. The third-order valence-electron chi connectivity index (χ3n) is 5.41. The summed E-state index contributed by atoms with van der Waals surface area (Å²) in [6.07, 6.45) is 15.6. The van der Waals surface area contributed by atoms with Crippen molar-refractivity contribution < 1.29 is 15.3 Å². The quantitative estimate of drug-likeness (QED) is 0.608. The second-order valence-electron chi connectivity index (χ2n) is 7.66. The van der Waals surface area contributed by atoms with E-state index in [9.17, 15) is 15.3 Å². The van der Waals surface area contributed by atoms with Gasteiger partial charge in [0.15, 0.2) is 0 Å². The van der Waals surface area contributed by atoms with Crippen LogP contribution in [-0.2, 0) is 6.54 Å². The van der Waals surface area contributed by atoms with Crippen molar-refractivity contribution in [3.8, 4) is 5.64 Å². The maximum atomic E-state index is 10.9. The molecule has 2 unspecified atom stereocenters. The minimum atomic E-state index is -1.66. The molecule has 5 heterocycles. The fourth-order valence-corrected chi connectivity index (χ4v) is 3.95. The summed E-state index contributed by atoms with van der Waals surface area (Å²) in [6, 6.07) is 0. The van der Waals surface area contributed by atoms with Crippen LogP contribution in [0.25, 0.3) is 12.2 Å². The average Bonchev–Trinajstić information content (AvgIpc) is 3.48. The molecule has 1 aromatic heterocycles. The van der Waals surface area contributed by atoms with Gasteiger partial charge in [-0.2, -0.15) is 0 Å². The number of aliphatic hydroxyl groups is 2. The normalized spacial score (nSPS) is 26.1. The number of aliphatic hydroxyl groups excluding tert-OH is 1. The number of fused-ring (bicyclic) bond motifs is 6. The van der Waals surface area contributed by atoms with Gasteiger partial charge in [0.1, 0.15) is 0 Å². The molecule has 0 spiro atoms. The number of nitrogens with one attached hydrogen (secondary N) is 1. The topological polar surface area (TPSA) is 102 Å². The van der Waals surface area contributed by atoms with Gasteiger partial charge >= 0.3 is 174 Å². The standard InChI is InChI=1S/C22H21BN4O3/c1-2-9-27-18-11-14-4-3-13(24-14)10-16-7-8-22(30,26-16)20(28)17-6-5-15(25-17)12-19(27)23-21(18)29/h3-8,10-12,20,26,28-30H,2,9H2,1H3. The summed E-state index contributed by atoms with van der Waals surface area (Å²) in [7, 11) is 0. The molecule has 0 radical (unpaired) electrons. The van der Waals surface area contributed by atoms with E-state index in [0.29, 0.717) is 28.5 Å². The van der Waals surface area contributed by atoms with Crippen LogP contribution in [0.2, 0.25) is 0 Å². The van der Waals surface area contributed by atoms with E-state index >= 15 is 0 Å². The van der Waals surface area contributed by atoms with Crippen LogP contribution in [0.3, 0.4) is 0 Å². The first kappa shape index (κ1) is 18.8. The first-order chi connectivity index (χ1) is 14.4. The summed E-state index contributed by atoms with van der Waals surface area (Å²) in [4.78, 5) is 9.07. The number of aromatic nitrogens is 1. The molecule has 1 aromatic rings. The van der Waals surface area contributed by atoms with Gasteiger partial charge in [0.2, 0.25) is 0 Å². The fourth-order valence-electron chi connectivity index (χ4n) is 3.95. The predicted octanol–water partition coefficient (Wildman–Crippen LogP) is 1.75. The van der Waals surface area contributed by atoms with Gasteiger partial charge in [0.05, 0.1) is 0 Å². The number of hydrogen-bond acceptors (Lipinski definition) is 6. The monoisotopic (exact) mass is 400 g/mol. The van der Waals surface area contributed by atoms with Gasteiger partial charge in [-0.25, -0.2) is 0 Å². The summed E-state index contributed by atoms with van der Waals surface area (Å²) >= 11 is 0. The Morgan fingerprint density at radius 1 is 1.10 bits per heavy atom. The second kappa shape index (κ2) is 6.93. The molecule has 0 saturated heterocycles. The second-order valence-corrected chi connectivity index (χ2v) is 7.66. The van der Waals surface area contributed by atoms with Gasteiger partial charge in [-0.1, -0.05) is 0 Å². The Labute approximate surface area is 174 Å². The van der Waals surface area contributed by atoms with Gasteiger partial charge in [0.25, 0.3) is 0 Å². The Morgan fingerprint density at radius 3 is 2.73 bits per heavy atom.